The molecule has 6 nitrogen and oxygen atoms in total. The number of benzene rings is 1. The number of aromatic nitrogens is 4. The van der Waals surface area contributed by atoms with Gasteiger partial charge in [-0.3, -0.25) is 4.79 Å². The van der Waals surface area contributed by atoms with Crippen molar-refractivity contribution >= 4 is 29.4 Å². The Morgan fingerprint density at radius 1 is 1.25 bits per heavy atom. The van der Waals surface area contributed by atoms with Crippen molar-refractivity contribution in [1.29, 1.82) is 0 Å². The number of rotatable bonds is 5. The van der Waals surface area contributed by atoms with Gasteiger partial charge in [-0.2, -0.15) is 12.6 Å². The number of carbonyl (C=O) groups is 1. The Morgan fingerprint density at radius 3 is 2.80 bits per heavy atom. The van der Waals surface area contributed by atoms with Crippen LogP contribution in [0, 0.1) is 0 Å². The molecule has 102 valence electrons. The molecule has 20 heavy (non-hydrogen) atoms. The molecule has 0 fully saturated rings. The van der Waals surface area contributed by atoms with E-state index in [0.29, 0.717) is 29.8 Å². The number of Topliss-reactive ketones (excluding diaryl/α,β-unsaturated/α-hetero) is 1. The van der Waals surface area contributed by atoms with E-state index in [2.05, 4.69) is 32.8 Å². The summed E-state index contributed by atoms with van der Waals surface area (Å²) < 4.78 is 5.30. The van der Waals surface area contributed by atoms with Crippen LogP contribution in [-0.2, 0) is 12.2 Å². The molecule has 0 radical (unpaired) electrons. The topological polar surface area (TPSA) is 84.7 Å². The van der Waals surface area contributed by atoms with Crippen LogP contribution in [0.4, 0.5) is 0 Å². The van der Waals surface area contributed by atoms with Crippen LogP contribution in [0.1, 0.15) is 28.8 Å². The summed E-state index contributed by atoms with van der Waals surface area (Å²) in [6, 6.07) is 7.52. The van der Waals surface area contributed by atoms with E-state index in [1.807, 2.05) is 24.3 Å². The first-order chi connectivity index (χ1) is 9.76. The fraction of sp³-hybridized carbons (Fsp3) is 0.231. The fourth-order valence-electron chi connectivity index (χ4n) is 1.88. The molecule has 1 aromatic carbocycles. The van der Waals surface area contributed by atoms with Crippen molar-refractivity contribution in [3.8, 4) is 0 Å². The van der Waals surface area contributed by atoms with E-state index in [4.69, 9.17) is 4.42 Å². The summed E-state index contributed by atoms with van der Waals surface area (Å²) in [4.78, 5) is 19.3. The Kier molecular flexibility index (Phi) is 3.51. The standard InChI is InChI=1S/C13H12N4O2S/c18-10(5-6-11-16-17-12(7-20)19-11)13-14-8-3-1-2-4-9(8)15-13/h1-4,20H,5-7H2,(H,14,15). The second-order valence-corrected chi connectivity index (χ2v) is 4.59. The predicted molar refractivity (Wildman–Crippen MR) is 75.7 cm³/mol. The number of hydrogen-bond acceptors (Lipinski definition) is 6. The third kappa shape index (κ3) is 2.57. The number of fused-ring (bicyclic) bond motifs is 1. The van der Waals surface area contributed by atoms with Gasteiger partial charge >= 0.3 is 0 Å². The minimum Gasteiger partial charge on any atom is -0.424 e. The molecule has 0 aliphatic heterocycles. The lowest BCUT2D eigenvalue weighted by atomic mass is 10.2. The monoisotopic (exact) mass is 288 g/mol. The zero-order valence-electron chi connectivity index (χ0n) is 10.5. The Morgan fingerprint density at radius 2 is 2.05 bits per heavy atom. The minimum absolute atomic E-state index is 0.0770. The second-order valence-electron chi connectivity index (χ2n) is 4.27. The zero-order valence-corrected chi connectivity index (χ0v) is 11.4. The van der Waals surface area contributed by atoms with Gasteiger partial charge in [0, 0.05) is 12.8 Å². The molecule has 0 aliphatic rings. The van der Waals surface area contributed by atoms with Crippen molar-refractivity contribution in [2.75, 3.05) is 0 Å². The van der Waals surface area contributed by atoms with Crippen molar-refractivity contribution in [3.63, 3.8) is 0 Å². The van der Waals surface area contributed by atoms with Gasteiger partial charge in [0.25, 0.3) is 0 Å². The number of nitrogens with one attached hydrogen (secondary N) is 1. The number of hydrogen-bond donors (Lipinski definition) is 2. The number of carbonyl (C=O) groups excluding carboxylic acids is 1. The van der Waals surface area contributed by atoms with Crippen molar-refractivity contribution in [3.05, 3.63) is 41.9 Å². The summed E-state index contributed by atoms with van der Waals surface area (Å²) in [5, 5.41) is 7.64. The number of ketones is 1. The number of aromatic amines is 1. The summed E-state index contributed by atoms with van der Waals surface area (Å²) in [6.45, 7) is 0. The molecule has 0 spiro atoms. The fourth-order valence-corrected chi connectivity index (χ4v) is 2.00. The Hall–Kier alpha value is -2.15. The normalized spacial score (nSPS) is 11.1. The SMILES string of the molecule is O=C(CCc1nnc(CS)o1)c1nc2ccccc2[nH]1. The van der Waals surface area contributed by atoms with Gasteiger partial charge in [0.2, 0.25) is 11.8 Å². The number of thiol groups is 1. The van der Waals surface area contributed by atoms with Crippen molar-refractivity contribution in [2.45, 2.75) is 18.6 Å². The molecular formula is C13H12N4O2S. The van der Waals surface area contributed by atoms with Crippen LogP contribution in [0.15, 0.2) is 28.7 Å². The average molecular weight is 288 g/mol. The zero-order chi connectivity index (χ0) is 13.9. The number of aryl methyl sites for hydroxylation is 1. The highest BCUT2D eigenvalue weighted by molar-refractivity contribution is 7.79. The minimum atomic E-state index is -0.0770. The molecule has 0 aliphatic carbocycles. The van der Waals surface area contributed by atoms with Crippen LogP contribution in [-0.4, -0.2) is 25.9 Å². The van der Waals surface area contributed by atoms with Gasteiger partial charge in [-0.1, -0.05) is 12.1 Å². The molecule has 0 atom stereocenters. The van der Waals surface area contributed by atoms with Gasteiger partial charge in [-0.15, -0.1) is 10.2 Å². The molecule has 0 saturated heterocycles. The summed E-state index contributed by atoms with van der Waals surface area (Å²) >= 11 is 4.04. The van der Waals surface area contributed by atoms with E-state index in [-0.39, 0.29) is 12.2 Å². The largest absolute Gasteiger partial charge is 0.424 e. The van der Waals surface area contributed by atoms with E-state index in [1.54, 1.807) is 0 Å². The Bertz CT molecular complexity index is 717. The highest BCUT2D eigenvalue weighted by Crippen LogP contribution is 2.12. The van der Waals surface area contributed by atoms with E-state index < -0.39 is 0 Å². The maximum atomic E-state index is 12.1. The summed E-state index contributed by atoms with van der Waals surface area (Å²) in [5.41, 5.74) is 1.64. The molecule has 7 heteroatoms. The molecule has 0 saturated carbocycles. The smallest absolute Gasteiger partial charge is 0.226 e. The van der Waals surface area contributed by atoms with Crippen molar-refractivity contribution in [2.24, 2.45) is 0 Å². The van der Waals surface area contributed by atoms with E-state index in [1.165, 1.54) is 0 Å². The number of para-hydroxylation sites is 2. The Balaban J connectivity index is 1.69. The van der Waals surface area contributed by atoms with Crippen molar-refractivity contribution in [1.82, 2.24) is 20.2 Å². The lowest BCUT2D eigenvalue weighted by Gasteiger charge is -1.93. The van der Waals surface area contributed by atoms with E-state index in [0.717, 1.165) is 11.0 Å². The van der Waals surface area contributed by atoms with Gasteiger partial charge in [0.1, 0.15) is 0 Å². The molecule has 1 N–H and O–H groups in total. The molecule has 3 aromatic rings. The highest BCUT2D eigenvalue weighted by Gasteiger charge is 2.13. The van der Waals surface area contributed by atoms with Crippen molar-refractivity contribution < 1.29 is 9.21 Å². The van der Waals surface area contributed by atoms with Gasteiger partial charge in [0.15, 0.2) is 11.6 Å². The van der Waals surface area contributed by atoms with Gasteiger partial charge in [0.05, 0.1) is 16.8 Å². The van der Waals surface area contributed by atoms with Gasteiger partial charge < -0.3 is 9.40 Å². The van der Waals surface area contributed by atoms with Gasteiger partial charge in [-0.25, -0.2) is 4.98 Å². The average Bonchev–Trinajstić information content (AvgIpc) is 3.10. The van der Waals surface area contributed by atoms with Crippen LogP contribution in [0.25, 0.3) is 11.0 Å². The predicted octanol–water partition coefficient (Wildman–Crippen LogP) is 2.19. The summed E-state index contributed by atoms with van der Waals surface area (Å²) in [6.07, 6.45) is 0.671. The summed E-state index contributed by atoms with van der Waals surface area (Å²) in [5.74, 6) is 1.58. The third-order valence-corrected chi connectivity index (χ3v) is 3.13. The van der Waals surface area contributed by atoms with E-state index in [9.17, 15) is 4.79 Å². The maximum Gasteiger partial charge on any atom is 0.226 e. The first-order valence-corrected chi connectivity index (χ1v) is 6.79. The van der Waals surface area contributed by atoms with E-state index >= 15 is 0 Å². The number of nitrogens with zero attached hydrogens (tertiary/aromatic N) is 3. The van der Waals surface area contributed by atoms with Crippen LogP contribution >= 0.6 is 12.6 Å². The second kappa shape index (κ2) is 5.46. The highest BCUT2D eigenvalue weighted by atomic mass is 32.1. The maximum absolute atomic E-state index is 12.1. The van der Waals surface area contributed by atoms with Gasteiger partial charge in [-0.05, 0) is 12.1 Å². The lowest BCUT2D eigenvalue weighted by Crippen LogP contribution is -2.03. The van der Waals surface area contributed by atoms with Crippen LogP contribution in [0.3, 0.4) is 0 Å². The third-order valence-electron chi connectivity index (χ3n) is 2.86. The molecule has 0 bridgehead atoms. The molecular weight excluding hydrogens is 276 g/mol. The molecule has 0 amide bonds. The molecule has 0 unspecified atom stereocenters. The van der Waals surface area contributed by atoms with Crippen LogP contribution in [0.5, 0.6) is 0 Å². The number of H-pyrrole nitrogens is 1. The quantitative estimate of drug-likeness (QED) is 0.555. The summed E-state index contributed by atoms with van der Waals surface area (Å²) in [7, 11) is 0. The van der Waals surface area contributed by atoms with Crippen LogP contribution in [0.2, 0.25) is 0 Å². The lowest BCUT2D eigenvalue weighted by molar-refractivity contribution is 0.0971. The molecule has 2 heterocycles. The Labute approximate surface area is 120 Å². The molecule has 3 rings (SSSR count). The molecule has 2 aromatic heterocycles. The number of imidazole rings is 1. The first-order valence-electron chi connectivity index (χ1n) is 6.16. The van der Waals surface area contributed by atoms with Crippen LogP contribution < -0.4 is 0 Å². The first kappa shape index (κ1) is 12.9.